The number of aromatic nitrogens is 4. The molecule has 3 N–H and O–H groups in total. The number of carbonyl (C=O) groups excluding carboxylic acids is 1. The first-order chi connectivity index (χ1) is 12.1. The van der Waals surface area contributed by atoms with Crippen LogP contribution in [-0.2, 0) is 7.05 Å². The van der Waals surface area contributed by atoms with E-state index in [2.05, 4.69) is 20.4 Å². The van der Waals surface area contributed by atoms with Crippen molar-refractivity contribution < 1.29 is 9.21 Å². The molecule has 8 heteroatoms. The summed E-state index contributed by atoms with van der Waals surface area (Å²) >= 11 is 0. The summed E-state index contributed by atoms with van der Waals surface area (Å²) in [6, 6.07) is 8.64. The van der Waals surface area contributed by atoms with Gasteiger partial charge in [0.25, 0.3) is 0 Å². The maximum Gasteiger partial charge on any atom is 0.248 e. The molecule has 0 fully saturated rings. The minimum atomic E-state index is -0.467. The van der Waals surface area contributed by atoms with Crippen LogP contribution in [0, 0.1) is 0 Å². The van der Waals surface area contributed by atoms with Gasteiger partial charge in [0.2, 0.25) is 5.91 Å². The smallest absolute Gasteiger partial charge is 0.248 e. The van der Waals surface area contributed by atoms with E-state index in [1.807, 2.05) is 7.05 Å². The molecule has 0 saturated carbocycles. The fraction of sp³-hybridized carbons (Fsp3) is 0.0588. The Balaban J connectivity index is 1.79. The Bertz CT molecular complexity index is 1050. The average Bonchev–Trinajstić information content (AvgIpc) is 3.26. The van der Waals surface area contributed by atoms with E-state index in [0.717, 1.165) is 16.6 Å². The molecule has 1 aromatic carbocycles. The topological polar surface area (TPSA) is 112 Å². The minimum absolute atomic E-state index is 0.443. The predicted octanol–water partition coefficient (Wildman–Crippen LogP) is 2.47. The largest absolute Gasteiger partial charge is 0.472 e. The third-order valence-corrected chi connectivity index (χ3v) is 3.80. The van der Waals surface area contributed by atoms with E-state index in [0.29, 0.717) is 22.9 Å². The lowest BCUT2D eigenvalue weighted by molar-refractivity contribution is 0.100. The Morgan fingerprint density at radius 1 is 1.20 bits per heavy atom. The first-order valence-electron chi connectivity index (χ1n) is 7.51. The van der Waals surface area contributed by atoms with Gasteiger partial charge in [-0.1, -0.05) is 0 Å². The van der Waals surface area contributed by atoms with Crippen molar-refractivity contribution in [3.05, 3.63) is 54.6 Å². The molecule has 0 radical (unpaired) electrons. The summed E-state index contributed by atoms with van der Waals surface area (Å²) in [6.07, 6.45) is 4.86. The molecule has 0 atom stereocenters. The number of hydrogen-bond donors (Lipinski definition) is 2. The van der Waals surface area contributed by atoms with E-state index in [1.165, 1.54) is 0 Å². The summed E-state index contributed by atoms with van der Waals surface area (Å²) in [7, 11) is 1.82. The summed E-state index contributed by atoms with van der Waals surface area (Å²) in [5.74, 6) is 0.674. The quantitative estimate of drug-likeness (QED) is 0.593. The van der Waals surface area contributed by atoms with Gasteiger partial charge in [-0.05, 0) is 30.3 Å². The van der Waals surface area contributed by atoms with Crippen LogP contribution in [0.2, 0.25) is 0 Å². The van der Waals surface area contributed by atoms with Crippen LogP contribution in [0.25, 0.3) is 22.4 Å². The number of rotatable bonds is 4. The molecule has 1 amide bonds. The Kier molecular flexibility index (Phi) is 3.42. The van der Waals surface area contributed by atoms with Crippen molar-refractivity contribution in [2.24, 2.45) is 12.8 Å². The number of aryl methyl sites for hydroxylation is 1. The molecule has 4 aromatic rings. The van der Waals surface area contributed by atoms with E-state index < -0.39 is 5.91 Å². The van der Waals surface area contributed by atoms with E-state index in [9.17, 15) is 4.79 Å². The fourth-order valence-corrected chi connectivity index (χ4v) is 2.49. The highest BCUT2D eigenvalue weighted by atomic mass is 16.3. The zero-order chi connectivity index (χ0) is 17.4. The van der Waals surface area contributed by atoms with Gasteiger partial charge in [-0.25, -0.2) is 9.97 Å². The molecule has 0 aliphatic carbocycles. The van der Waals surface area contributed by atoms with Crippen LogP contribution in [-0.4, -0.2) is 25.7 Å². The van der Waals surface area contributed by atoms with Crippen molar-refractivity contribution in [1.29, 1.82) is 0 Å². The van der Waals surface area contributed by atoms with E-state index >= 15 is 0 Å². The molecular weight excluding hydrogens is 320 g/mol. The molecule has 0 aliphatic rings. The molecule has 0 bridgehead atoms. The minimum Gasteiger partial charge on any atom is -0.472 e. The predicted molar refractivity (Wildman–Crippen MR) is 92.2 cm³/mol. The number of furan rings is 1. The third-order valence-electron chi connectivity index (χ3n) is 3.80. The molecule has 0 unspecified atom stereocenters. The van der Waals surface area contributed by atoms with E-state index in [1.54, 1.807) is 53.7 Å². The normalized spacial score (nSPS) is 10.9. The molecule has 0 aliphatic heterocycles. The zero-order valence-corrected chi connectivity index (χ0v) is 13.3. The maximum atomic E-state index is 11.2. The number of fused-ring (bicyclic) bond motifs is 1. The molecule has 0 spiro atoms. The molecule has 25 heavy (non-hydrogen) atoms. The standard InChI is InChI=1S/C17H14N6O2/c1-23-17-13(8-19-23)16(21-15(22-17)11-6-7-25-9-11)20-12-4-2-10(3-5-12)14(18)24/h2-9H,1H3,(H2,18,24)(H,20,21,22). The van der Waals surface area contributed by atoms with Crippen molar-refractivity contribution in [2.45, 2.75) is 0 Å². The van der Waals surface area contributed by atoms with Crippen LogP contribution in [0.4, 0.5) is 11.5 Å². The summed E-state index contributed by atoms with van der Waals surface area (Å²) in [6.45, 7) is 0. The number of amides is 1. The van der Waals surface area contributed by atoms with Crippen molar-refractivity contribution in [3.63, 3.8) is 0 Å². The van der Waals surface area contributed by atoms with Gasteiger partial charge in [0.1, 0.15) is 12.1 Å². The number of primary amides is 1. The van der Waals surface area contributed by atoms with Gasteiger partial charge in [-0.3, -0.25) is 9.48 Å². The molecule has 124 valence electrons. The van der Waals surface area contributed by atoms with Crippen LogP contribution in [0.1, 0.15) is 10.4 Å². The van der Waals surface area contributed by atoms with Gasteiger partial charge >= 0.3 is 0 Å². The molecule has 3 aromatic heterocycles. The van der Waals surface area contributed by atoms with E-state index in [4.69, 9.17) is 10.2 Å². The van der Waals surface area contributed by atoms with Gasteiger partial charge < -0.3 is 15.5 Å². The second kappa shape index (κ2) is 5.75. The monoisotopic (exact) mass is 334 g/mol. The Hall–Kier alpha value is -3.68. The lowest BCUT2D eigenvalue weighted by Crippen LogP contribution is -2.10. The first-order valence-corrected chi connectivity index (χ1v) is 7.51. The second-order valence-corrected chi connectivity index (χ2v) is 5.48. The molecule has 4 rings (SSSR count). The van der Waals surface area contributed by atoms with Gasteiger partial charge in [0, 0.05) is 18.3 Å². The number of hydrogen-bond acceptors (Lipinski definition) is 6. The number of benzene rings is 1. The Morgan fingerprint density at radius 3 is 2.68 bits per heavy atom. The summed E-state index contributed by atoms with van der Waals surface area (Å²) in [5, 5.41) is 8.27. The van der Waals surface area contributed by atoms with Gasteiger partial charge in [0.15, 0.2) is 11.5 Å². The Labute approximate surface area is 142 Å². The van der Waals surface area contributed by atoms with Crippen molar-refractivity contribution in [3.8, 4) is 11.4 Å². The van der Waals surface area contributed by atoms with Gasteiger partial charge in [0.05, 0.1) is 23.4 Å². The average molecular weight is 334 g/mol. The third kappa shape index (κ3) is 2.69. The van der Waals surface area contributed by atoms with Crippen LogP contribution < -0.4 is 11.1 Å². The summed E-state index contributed by atoms with van der Waals surface area (Å²) in [5.41, 5.74) is 7.95. The van der Waals surface area contributed by atoms with Crippen LogP contribution in [0.3, 0.4) is 0 Å². The van der Waals surface area contributed by atoms with Crippen molar-refractivity contribution >= 4 is 28.4 Å². The van der Waals surface area contributed by atoms with Gasteiger partial charge in [-0.2, -0.15) is 5.10 Å². The fourth-order valence-electron chi connectivity index (χ4n) is 2.49. The number of nitrogens with one attached hydrogen (secondary N) is 1. The lowest BCUT2D eigenvalue weighted by Gasteiger charge is -2.09. The number of anilines is 2. The SMILES string of the molecule is Cn1ncc2c(Nc3ccc(C(N)=O)cc3)nc(-c3ccoc3)nc21. The maximum absolute atomic E-state index is 11.2. The highest BCUT2D eigenvalue weighted by Crippen LogP contribution is 2.27. The summed E-state index contributed by atoms with van der Waals surface area (Å²) < 4.78 is 6.80. The van der Waals surface area contributed by atoms with Crippen LogP contribution in [0.5, 0.6) is 0 Å². The number of nitrogens with zero attached hydrogens (tertiary/aromatic N) is 4. The van der Waals surface area contributed by atoms with Crippen LogP contribution >= 0.6 is 0 Å². The van der Waals surface area contributed by atoms with Gasteiger partial charge in [-0.15, -0.1) is 0 Å². The molecule has 8 nitrogen and oxygen atoms in total. The number of nitrogens with two attached hydrogens (primary N) is 1. The summed E-state index contributed by atoms with van der Waals surface area (Å²) in [4.78, 5) is 20.3. The highest BCUT2D eigenvalue weighted by molar-refractivity contribution is 5.94. The Morgan fingerprint density at radius 2 is 2.00 bits per heavy atom. The highest BCUT2D eigenvalue weighted by Gasteiger charge is 2.14. The second-order valence-electron chi connectivity index (χ2n) is 5.48. The van der Waals surface area contributed by atoms with Crippen molar-refractivity contribution in [2.75, 3.05) is 5.32 Å². The molecule has 3 heterocycles. The first kappa shape index (κ1) is 14.9. The zero-order valence-electron chi connectivity index (χ0n) is 13.3. The van der Waals surface area contributed by atoms with E-state index in [-0.39, 0.29) is 0 Å². The molecular formula is C17H14N6O2. The van der Waals surface area contributed by atoms with Crippen LogP contribution in [0.15, 0.2) is 53.5 Å². The lowest BCUT2D eigenvalue weighted by atomic mass is 10.2. The molecule has 0 saturated heterocycles. The number of carbonyl (C=O) groups is 1. The van der Waals surface area contributed by atoms with Crippen molar-refractivity contribution in [1.82, 2.24) is 19.7 Å².